The van der Waals surface area contributed by atoms with Crippen molar-refractivity contribution in [3.05, 3.63) is 94.5 Å². The Balaban J connectivity index is 2.04. The number of nitrogens with one attached hydrogen (secondary N) is 1. The van der Waals surface area contributed by atoms with Crippen LogP contribution in [0.25, 0.3) is 0 Å². The zero-order valence-electron chi connectivity index (χ0n) is 24.6. The number of rotatable bonds is 12. The molecule has 0 spiro atoms. The molecule has 7 nitrogen and oxygen atoms in total. The van der Waals surface area contributed by atoms with Crippen LogP contribution >= 0.6 is 11.6 Å². The van der Waals surface area contributed by atoms with Gasteiger partial charge in [-0.3, -0.25) is 13.9 Å². The molecule has 3 aromatic rings. The standard InChI is InChI=1S/C32H40ClN3O4S/c1-22(2)19-34-32(38)25(6)35(20-27-9-7-8-10-30(27)33)31(37)21-36(28-15-13-26(14-16-28)23(3)4)41(39,40)29-17-11-24(5)12-18-29/h7-18,22-23,25H,19-21H2,1-6H3,(H,34,38)/t25-/m1/s1. The van der Waals surface area contributed by atoms with Crippen LogP contribution < -0.4 is 9.62 Å². The fraction of sp³-hybridized carbons (Fsp3) is 0.375. The number of benzene rings is 3. The number of halogens is 1. The minimum absolute atomic E-state index is 0.0411. The van der Waals surface area contributed by atoms with Crippen molar-refractivity contribution < 1.29 is 18.0 Å². The molecular weight excluding hydrogens is 558 g/mol. The smallest absolute Gasteiger partial charge is 0.264 e. The summed E-state index contributed by atoms with van der Waals surface area (Å²) >= 11 is 6.42. The third-order valence-electron chi connectivity index (χ3n) is 6.89. The first-order valence-electron chi connectivity index (χ1n) is 13.8. The molecule has 1 N–H and O–H groups in total. The molecule has 0 aliphatic rings. The molecule has 0 bridgehead atoms. The molecule has 2 amide bonds. The summed E-state index contributed by atoms with van der Waals surface area (Å²) in [5.41, 5.74) is 2.97. The monoisotopic (exact) mass is 597 g/mol. The molecule has 3 aromatic carbocycles. The van der Waals surface area contributed by atoms with E-state index in [0.717, 1.165) is 15.4 Å². The van der Waals surface area contributed by atoms with Crippen molar-refractivity contribution >= 4 is 39.1 Å². The van der Waals surface area contributed by atoms with Crippen molar-refractivity contribution in [2.45, 2.75) is 64.9 Å². The highest BCUT2D eigenvalue weighted by atomic mass is 35.5. The molecule has 1 atom stereocenters. The predicted molar refractivity (Wildman–Crippen MR) is 166 cm³/mol. The van der Waals surface area contributed by atoms with Gasteiger partial charge in [0.25, 0.3) is 10.0 Å². The topological polar surface area (TPSA) is 86.8 Å². The Bertz CT molecular complexity index is 1440. The van der Waals surface area contributed by atoms with Crippen molar-refractivity contribution in [3.8, 4) is 0 Å². The first kappa shape index (κ1) is 32.2. The maximum atomic E-state index is 14.0. The van der Waals surface area contributed by atoms with Crippen LogP contribution in [-0.4, -0.2) is 44.3 Å². The van der Waals surface area contributed by atoms with Crippen LogP contribution in [0.1, 0.15) is 57.2 Å². The van der Waals surface area contributed by atoms with Crippen LogP contribution in [0.2, 0.25) is 5.02 Å². The summed E-state index contributed by atoms with van der Waals surface area (Å²) in [5, 5.41) is 3.34. The number of nitrogens with zero attached hydrogens (tertiary/aromatic N) is 2. The zero-order valence-corrected chi connectivity index (χ0v) is 26.2. The predicted octanol–water partition coefficient (Wildman–Crippen LogP) is 6.16. The second kappa shape index (κ2) is 14.0. The van der Waals surface area contributed by atoms with Gasteiger partial charge in [-0.15, -0.1) is 0 Å². The lowest BCUT2D eigenvalue weighted by Gasteiger charge is -2.32. The van der Waals surface area contributed by atoms with E-state index in [1.165, 1.54) is 17.0 Å². The van der Waals surface area contributed by atoms with E-state index in [0.29, 0.717) is 22.8 Å². The third kappa shape index (κ3) is 8.33. The third-order valence-corrected chi connectivity index (χ3v) is 9.04. The number of carbonyl (C=O) groups is 2. The summed E-state index contributed by atoms with van der Waals surface area (Å²) in [5.74, 6) is -0.374. The van der Waals surface area contributed by atoms with E-state index in [4.69, 9.17) is 11.6 Å². The van der Waals surface area contributed by atoms with Gasteiger partial charge in [-0.1, -0.05) is 87.3 Å². The van der Waals surface area contributed by atoms with E-state index in [1.807, 2.05) is 32.9 Å². The first-order chi connectivity index (χ1) is 19.3. The Morgan fingerprint density at radius 2 is 1.49 bits per heavy atom. The Morgan fingerprint density at radius 1 is 0.878 bits per heavy atom. The fourth-order valence-corrected chi connectivity index (χ4v) is 5.85. The molecule has 220 valence electrons. The van der Waals surface area contributed by atoms with E-state index in [9.17, 15) is 18.0 Å². The largest absolute Gasteiger partial charge is 0.354 e. The fourth-order valence-electron chi connectivity index (χ4n) is 4.24. The Kier molecular flexibility index (Phi) is 11.0. The van der Waals surface area contributed by atoms with Crippen molar-refractivity contribution in [1.29, 1.82) is 0 Å². The van der Waals surface area contributed by atoms with Gasteiger partial charge in [-0.25, -0.2) is 8.42 Å². The lowest BCUT2D eigenvalue weighted by molar-refractivity contribution is -0.139. The van der Waals surface area contributed by atoms with Crippen molar-refractivity contribution in [3.63, 3.8) is 0 Å². The van der Waals surface area contributed by atoms with Gasteiger partial charge in [0.2, 0.25) is 11.8 Å². The molecule has 0 aliphatic heterocycles. The number of aryl methyl sites for hydroxylation is 1. The van der Waals surface area contributed by atoms with Crippen molar-refractivity contribution in [1.82, 2.24) is 10.2 Å². The molecule has 0 heterocycles. The molecule has 0 aliphatic carbocycles. The van der Waals surface area contributed by atoms with E-state index in [1.54, 1.807) is 55.5 Å². The summed E-state index contributed by atoms with van der Waals surface area (Å²) in [6.07, 6.45) is 0. The average molecular weight is 598 g/mol. The van der Waals surface area contributed by atoms with Gasteiger partial charge in [0.1, 0.15) is 12.6 Å². The molecule has 3 rings (SSSR count). The number of hydrogen-bond acceptors (Lipinski definition) is 4. The Labute approximate surface area is 249 Å². The maximum absolute atomic E-state index is 14.0. The van der Waals surface area contributed by atoms with Gasteiger partial charge in [-0.2, -0.15) is 0 Å². The Morgan fingerprint density at radius 3 is 2.05 bits per heavy atom. The highest BCUT2D eigenvalue weighted by Gasteiger charge is 2.32. The molecule has 0 unspecified atom stereocenters. The summed E-state index contributed by atoms with van der Waals surface area (Å²) in [6.45, 7) is 11.6. The molecule has 0 radical (unpaired) electrons. The second-order valence-corrected chi connectivity index (χ2v) is 13.3. The molecule has 0 saturated heterocycles. The van der Waals surface area contributed by atoms with Gasteiger partial charge < -0.3 is 10.2 Å². The number of sulfonamides is 1. The van der Waals surface area contributed by atoms with Gasteiger partial charge >= 0.3 is 0 Å². The maximum Gasteiger partial charge on any atom is 0.264 e. The number of anilines is 1. The molecule has 9 heteroatoms. The van der Waals surface area contributed by atoms with Gasteiger partial charge in [0.15, 0.2) is 0 Å². The lowest BCUT2D eigenvalue weighted by atomic mass is 10.0. The molecular formula is C32H40ClN3O4S. The number of amides is 2. The minimum Gasteiger partial charge on any atom is -0.354 e. The normalized spacial score (nSPS) is 12.3. The van der Waals surface area contributed by atoms with Crippen LogP contribution in [0.15, 0.2) is 77.7 Å². The molecule has 41 heavy (non-hydrogen) atoms. The average Bonchev–Trinajstić information content (AvgIpc) is 2.93. The highest BCUT2D eigenvalue weighted by Crippen LogP contribution is 2.27. The van der Waals surface area contributed by atoms with Gasteiger partial charge in [-0.05, 0) is 67.1 Å². The van der Waals surface area contributed by atoms with E-state index < -0.39 is 28.5 Å². The summed E-state index contributed by atoms with van der Waals surface area (Å²) in [6, 6.07) is 19.9. The van der Waals surface area contributed by atoms with Crippen LogP contribution in [0, 0.1) is 12.8 Å². The summed E-state index contributed by atoms with van der Waals surface area (Å²) in [7, 11) is -4.12. The zero-order chi connectivity index (χ0) is 30.3. The number of carbonyl (C=O) groups excluding carboxylic acids is 2. The molecule has 0 saturated carbocycles. The van der Waals surface area contributed by atoms with Crippen LogP contribution in [0.4, 0.5) is 5.69 Å². The van der Waals surface area contributed by atoms with Gasteiger partial charge in [0, 0.05) is 18.1 Å². The lowest BCUT2D eigenvalue weighted by Crippen LogP contribution is -2.51. The minimum atomic E-state index is -4.12. The van der Waals surface area contributed by atoms with Crippen LogP contribution in [-0.2, 0) is 26.2 Å². The van der Waals surface area contributed by atoms with Crippen LogP contribution in [0.3, 0.4) is 0 Å². The van der Waals surface area contributed by atoms with Crippen LogP contribution in [0.5, 0.6) is 0 Å². The quantitative estimate of drug-likeness (QED) is 0.271. The summed E-state index contributed by atoms with van der Waals surface area (Å²) < 4.78 is 29.1. The van der Waals surface area contributed by atoms with Crippen molar-refractivity contribution in [2.75, 3.05) is 17.4 Å². The highest BCUT2D eigenvalue weighted by molar-refractivity contribution is 7.92. The second-order valence-electron chi connectivity index (χ2n) is 11.0. The number of hydrogen-bond donors (Lipinski definition) is 1. The van der Waals surface area contributed by atoms with Gasteiger partial charge in [0.05, 0.1) is 10.6 Å². The first-order valence-corrected chi connectivity index (χ1v) is 15.6. The van der Waals surface area contributed by atoms with E-state index in [-0.39, 0.29) is 29.2 Å². The molecule has 0 aromatic heterocycles. The SMILES string of the molecule is Cc1ccc(S(=O)(=O)N(CC(=O)N(Cc2ccccc2Cl)[C@H](C)C(=O)NCC(C)C)c2ccc(C(C)C)cc2)cc1. The van der Waals surface area contributed by atoms with E-state index >= 15 is 0 Å². The Hall–Kier alpha value is -3.36. The van der Waals surface area contributed by atoms with Crippen molar-refractivity contribution in [2.24, 2.45) is 5.92 Å². The van der Waals surface area contributed by atoms with E-state index in [2.05, 4.69) is 19.2 Å². The summed E-state index contributed by atoms with van der Waals surface area (Å²) in [4.78, 5) is 28.6. The molecule has 0 fully saturated rings.